The summed E-state index contributed by atoms with van der Waals surface area (Å²) in [5.74, 6) is 1.63. The summed E-state index contributed by atoms with van der Waals surface area (Å²) in [5.41, 5.74) is 3.23. The molecule has 3 atom stereocenters. The molecule has 0 N–H and O–H groups in total. The number of rotatable bonds is 4. The van der Waals surface area contributed by atoms with Gasteiger partial charge >= 0.3 is 0 Å². The smallest absolute Gasteiger partial charge is 0.279 e. The summed E-state index contributed by atoms with van der Waals surface area (Å²) >= 11 is 0. The lowest BCUT2D eigenvalue weighted by molar-refractivity contribution is 0.0973. The number of para-hydroxylation sites is 2. The molecule has 1 saturated carbocycles. The molecule has 4 heterocycles. The van der Waals surface area contributed by atoms with E-state index in [-0.39, 0.29) is 11.7 Å². The van der Waals surface area contributed by atoms with Gasteiger partial charge in [-0.05, 0) is 37.3 Å². The predicted molar refractivity (Wildman–Crippen MR) is 107 cm³/mol. The van der Waals surface area contributed by atoms with Crippen LogP contribution in [0.5, 0.6) is 0 Å². The Morgan fingerprint density at radius 3 is 2.83 bits per heavy atom. The van der Waals surface area contributed by atoms with Crippen LogP contribution in [0.2, 0.25) is 0 Å². The van der Waals surface area contributed by atoms with E-state index in [4.69, 9.17) is 4.74 Å². The minimum absolute atomic E-state index is 0.0688. The fourth-order valence-corrected chi connectivity index (χ4v) is 4.48. The van der Waals surface area contributed by atoms with Gasteiger partial charge in [-0.2, -0.15) is 4.68 Å². The van der Waals surface area contributed by atoms with Crippen LogP contribution in [0.15, 0.2) is 41.6 Å². The van der Waals surface area contributed by atoms with Gasteiger partial charge in [0.05, 0.1) is 35.6 Å². The summed E-state index contributed by atoms with van der Waals surface area (Å²) in [4.78, 5) is 18.1. The van der Waals surface area contributed by atoms with Crippen LogP contribution in [0.4, 0.5) is 0 Å². The van der Waals surface area contributed by atoms with Crippen LogP contribution in [0.25, 0.3) is 22.4 Å². The van der Waals surface area contributed by atoms with Crippen molar-refractivity contribution in [3.05, 3.63) is 52.8 Å². The number of hydrogen-bond acceptors (Lipinski definition) is 5. The van der Waals surface area contributed by atoms with Crippen LogP contribution >= 0.6 is 0 Å². The van der Waals surface area contributed by atoms with Crippen molar-refractivity contribution >= 4 is 16.6 Å². The quantitative estimate of drug-likeness (QED) is 0.535. The van der Waals surface area contributed by atoms with E-state index in [0.29, 0.717) is 29.7 Å². The van der Waals surface area contributed by atoms with Crippen molar-refractivity contribution in [2.45, 2.75) is 44.8 Å². The highest BCUT2D eigenvalue weighted by Crippen LogP contribution is 2.45. The first-order valence-electron chi connectivity index (χ1n) is 10.2. The number of imidazole rings is 1. The molecule has 0 radical (unpaired) electrons. The molecule has 2 fully saturated rings. The number of fused-ring (bicyclic) bond motifs is 3. The summed E-state index contributed by atoms with van der Waals surface area (Å²) in [6.45, 7) is 3.52. The second kappa shape index (κ2) is 6.25. The molecule has 0 bridgehead atoms. The molecular weight excluding hydrogens is 368 g/mol. The van der Waals surface area contributed by atoms with E-state index in [1.54, 1.807) is 11.0 Å². The van der Waals surface area contributed by atoms with Gasteiger partial charge in [-0.15, -0.1) is 5.10 Å². The number of ether oxygens (including phenoxy) is 1. The SMILES string of the molecule is CC1CC1c1cn(-c2ncn3c2c(=O)n(CC2CCCO2)c2ccccc23)nn1. The lowest BCUT2D eigenvalue weighted by Gasteiger charge is -2.16. The van der Waals surface area contributed by atoms with Gasteiger partial charge in [-0.25, -0.2) is 4.98 Å². The molecule has 1 aliphatic heterocycles. The molecule has 4 aromatic rings. The fraction of sp³-hybridized carbons (Fsp3) is 0.429. The summed E-state index contributed by atoms with van der Waals surface area (Å²) < 4.78 is 11.1. The van der Waals surface area contributed by atoms with Crippen LogP contribution in [0.3, 0.4) is 0 Å². The Hall–Kier alpha value is -3.00. The summed E-state index contributed by atoms with van der Waals surface area (Å²) in [6.07, 6.45) is 6.84. The maximum Gasteiger partial charge on any atom is 0.279 e. The highest BCUT2D eigenvalue weighted by molar-refractivity contribution is 5.80. The third-order valence-electron chi connectivity index (χ3n) is 6.26. The van der Waals surface area contributed by atoms with Crippen molar-refractivity contribution in [1.82, 2.24) is 28.9 Å². The maximum atomic E-state index is 13.6. The van der Waals surface area contributed by atoms with Crippen LogP contribution in [-0.4, -0.2) is 41.7 Å². The predicted octanol–water partition coefficient (Wildman–Crippen LogP) is 2.53. The van der Waals surface area contributed by atoms with Crippen molar-refractivity contribution in [3.8, 4) is 5.82 Å². The normalized spacial score (nSPS) is 24.0. The second-order valence-electron chi connectivity index (χ2n) is 8.23. The van der Waals surface area contributed by atoms with E-state index in [1.807, 2.05) is 39.4 Å². The van der Waals surface area contributed by atoms with Crippen LogP contribution < -0.4 is 5.56 Å². The maximum absolute atomic E-state index is 13.6. The Morgan fingerprint density at radius 2 is 2.07 bits per heavy atom. The van der Waals surface area contributed by atoms with Gasteiger partial charge in [0.2, 0.25) is 0 Å². The fourth-order valence-electron chi connectivity index (χ4n) is 4.48. The van der Waals surface area contributed by atoms with Crippen LogP contribution in [0.1, 0.15) is 37.8 Å². The molecule has 2 aliphatic rings. The molecular formula is C21H22N6O2. The first-order chi connectivity index (χ1) is 14.2. The molecule has 8 heteroatoms. The van der Waals surface area contributed by atoms with E-state index < -0.39 is 0 Å². The molecule has 0 amide bonds. The van der Waals surface area contributed by atoms with E-state index in [2.05, 4.69) is 22.2 Å². The lowest BCUT2D eigenvalue weighted by atomic mass is 10.2. The Morgan fingerprint density at radius 1 is 1.24 bits per heavy atom. The van der Waals surface area contributed by atoms with E-state index in [1.165, 1.54) is 0 Å². The van der Waals surface area contributed by atoms with Gasteiger partial charge in [-0.3, -0.25) is 9.20 Å². The van der Waals surface area contributed by atoms with E-state index in [9.17, 15) is 4.79 Å². The van der Waals surface area contributed by atoms with E-state index in [0.717, 1.165) is 42.6 Å². The van der Waals surface area contributed by atoms with Crippen molar-refractivity contribution in [2.24, 2.45) is 5.92 Å². The lowest BCUT2D eigenvalue weighted by Crippen LogP contribution is -2.28. The van der Waals surface area contributed by atoms with Gasteiger partial charge < -0.3 is 9.30 Å². The Bertz CT molecular complexity index is 1280. The number of aromatic nitrogens is 6. The monoisotopic (exact) mass is 390 g/mol. The molecule has 1 aromatic carbocycles. The van der Waals surface area contributed by atoms with Crippen molar-refractivity contribution < 1.29 is 4.74 Å². The average molecular weight is 390 g/mol. The van der Waals surface area contributed by atoms with Crippen LogP contribution in [0, 0.1) is 5.92 Å². The molecule has 148 valence electrons. The topological polar surface area (TPSA) is 79.2 Å². The minimum Gasteiger partial charge on any atom is -0.376 e. The Balaban J connectivity index is 1.55. The van der Waals surface area contributed by atoms with Gasteiger partial charge in [0, 0.05) is 12.5 Å². The highest BCUT2D eigenvalue weighted by Gasteiger charge is 2.36. The molecule has 29 heavy (non-hydrogen) atoms. The zero-order valence-corrected chi connectivity index (χ0v) is 16.2. The molecule has 8 nitrogen and oxygen atoms in total. The zero-order chi connectivity index (χ0) is 19.5. The summed E-state index contributed by atoms with van der Waals surface area (Å²) in [6, 6.07) is 7.92. The number of hydrogen-bond donors (Lipinski definition) is 0. The molecule has 3 aromatic heterocycles. The first kappa shape index (κ1) is 16.9. The van der Waals surface area contributed by atoms with E-state index >= 15 is 0 Å². The molecule has 6 rings (SSSR count). The zero-order valence-electron chi connectivity index (χ0n) is 16.2. The molecule has 3 unspecified atom stereocenters. The second-order valence-corrected chi connectivity index (χ2v) is 8.23. The van der Waals surface area contributed by atoms with Crippen molar-refractivity contribution in [1.29, 1.82) is 0 Å². The third-order valence-corrected chi connectivity index (χ3v) is 6.26. The van der Waals surface area contributed by atoms with Crippen molar-refractivity contribution in [2.75, 3.05) is 6.61 Å². The van der Waals surface area contributed by atoms with Gasteiger partial charge in [-0.1, -0.05) is 24.3 Å². The largest absolute Gasteiger partial charge is 0.376 e. The van der Waals surface area contributed by atoms with Crippen LogP contribution in [-0.2, 0) is 11.3 Å². The van der Waals surface area contributed by atoms with Gasteiger partial charge in [0.25, 0.3) is 5.56 Å². The molecule has 1 saturated heterocycles. The van der Waals surface area contributed by atoms with Crippen molar-refractivity contribution in [3.63, 3.8) is 0 Å². The average Bonchev–Trinajstić information content (AvgIpc) is 3.21. The Labute approximate surface area is 166 Å². The van der Waals surface area contributed by atoms with Gasteiger partial charge in [0.15, 0.2) is 11.3 Å². The van der Waals surface area contributed by atoms with Gasteiger partial charge in [0.1, 0.15) is 6.33 Å². The summed E-state index contributed by atoms with van der Waals surface area (Å²) in [7, 11) is 0. The molecule has 1 aliphatic carbocycles. The Kier molecular flexibility index (Phi) is 3.64. The number of nitrogens with zero attached hydrogens (tertiary/aromatic N) is 6. The molecule has 0 spiro atoms. The first-order valence-corrected chi connectivity index (χ1v) is 10.2. The minimum atomic E-state index is -0.0801. The third kappa shape index (κ3) is 2.62. The number of benzene rings is 1. The standard InChI is InChI=1S/C21H22N6O2/c1-13-9-15(13)16-11-27(24-23-16)20-19-21(28)25(10-14-5-4-8-29-14)17-6-2-3-7-18(17)26(19)12-22-20/h2-3,6-7,11-15H,4-5,8-10H2,1H3. The highest BCUT2D eigenvalue weighted by atomic mass is 16.5. The summed E-state index contributed by atoms with van der Waals surface area (Å²) in [5, 5.41) is 8.60.